The summed E-state index contributed by atoms with van der Waals surface area (Å²) >= 11 is 0. The van der Waals surface area contributed by atoms with Crippen LogP contribution in [0.5, 0.6) is 11.5 Å². The van der Waals surface area contributed by atoms with Gasteiger partial charge in [-0.2, -0.15) is 5.10 Å². The third-order valence-electron chi connectivity index (χ3n) is 5.84. The Labute approximate surface area is 184 Å². The third-order valence-corrected chi connectivity index (χ3v) is 5.84. The predicted molar refractivity (Wildman–Crippen MR) is 114 cm³/mol. The van der Waals surface area contributed by atoms with E-state index in [-0.39, 0.29) is 41.8 Å². The van der Waals surface area contributed by atoms with E-state index in [1.165, 1.54) is 18.2 Å². The van der Waals surface area contributed by atoms with Gasteiger partial charge in [0.15, 0.2) is 18.7 Å². The molecule has 0 unspecified atom stereocenters. The third kappa shape index (κ3) is 5.01. The number of benzene rings is 1. The molecule has 1 aromatic carbocycles. The maximum atomic E-state index is 12.2. The number of amides is 2. The number of carbonyl (C=O) groups is 3. The van der Waals surface area contributed by atoms with Crippen LogP contribution >= 0.6 is 0 Å². The molecule has 1 aromatic heterocycles. The summed E-state index contributed by atoms with van der Waals surface area (Å²) in [5.74, 6) is -0.0119. The second-order valence-corrected chi connectivity index (χ2v) is 8.06. The highest BCUT2D eigenvalue weighted by Crippen LogP contribution is 2.36. The number of aromatic nitrogens is 2. The van der Waals surface area contributed by atoms with Crippen LogP contribution in [0.4, 0.5) is 10.6 Å². The van der Waals surface area contributed by atoms with E-state index in [4.69, 9.17) is 9.47 Å². The van der Waals surface area contributed by atoms with Crippen LogP contribution in [0.1, 0.15) is 54.1 Å². The van der Waals surface area contributed by atoms with Crippen molar-refractivity contribution in [3.05, 3.63) is 35.5 Å². The van der Waals surface area contributed by atoms with Crippen LogP contribution in [0, 0.1) is 0 Å². The number of H-pyrrole nitrogens is 1. The van der Waals surface area contributed by atoms with Gasteiger partial charge in [-0.1, -0.05) is 6.07 Å². The fourth-order valence-electron chi connectivity index (χ4n) is 4.16. The number of carbonyl (C=O) groups excluding carboxylic acids is 3. The summed E-state index contributed by atoms with van der Waals surface area (Å²) in [6.45, 7) is 1.19. The van der Waals surface area contributed by atoms with Crippen LogP contribution in [0.15, 0.2) is 24.3 Å². The van der Waals surface area contributed by atoms with Crippen LogP contribution in [-0.2, 0) is 9.53 Å². The maximum Gasteiger partial charge on any atom is 0.410 e. The normalized spacial score (nSPS) is 20.2. The SMILES string of the molecule is O=Cc1c(O)cccc1OCC(=O)Nc1cc([C@H]2CC[C@@H](OC(=O)N3CCCC3)C2)[nH]n1. The minimum atomic E-state index is -0.452. The zero-order valence-corrected chi connectivity index (χ0v) is 17.6. The Morgan fingerprint density at radius 3 is 2.88 bits per heavy atom. The minimum absolute atomic E-state index is 0.0106. The summed E-state index contributed by atoms with van der Waals surface area (Å²) in [6.07, 6.45) is 4.56. The summed E-state index contributed by atoms with van der Waals surface area (Å²) in [5.41, 5.74) is 0.862. The first-order chi connectivity index (χ1) is 15.5. The molecule has 2 fully saturated rings. The van der Waals surface area contributed by atoms with Crippen molar-refractivity contribution in [1.82, 2.24) is 15.1 Å². The van der Waals surface area contributed by atoms with E-state index >= 15 is 0 Å². The minimum Gasteiger partial charge on any atom is -0.507 e. The average Bonchev–Trinajstić information content (AvgIpc) is 3.54. The molecule has 32 heavy (non-hydrogen) atoms. The lowest BCUT2D eigenvalue weighted by Gasteiger charge is -2.19. The number of hydrogen-bond donors (Lipinski definition) is 3. The highest BCUT2D eigenvalue weighted by Gasteiger charge is 2.31. The molecule has 0 radical (unpaired) electrons. The second-order valence-electron chi connectivity index (χ2n) is 8.06. The van der Waals surface area contributed by atoms with Crippen molar-refractivity contribution in [2.45, 2.75) is 44.1 Å². The van der Waals surface area contributed by atoms with Crippen molar-refractivity contribution in [2.75, 3.05) is 25.0 Å². The van der Waals surface area contributed by atoms with Gasteiger partial charge in [0.1, 0.15) is 17.6 Å². The van der Waals surface area contributed by atoms with E-state index in [2.05, 4.69) is 15.5 Å². The highest BCUT2D eigenvalue weighted by atomic mass is 16.6. The molecule has 10 heteroatoms. The van der Waals surface area contributed by atoms with E-state index in [1.807, 2.05) is 0 Å². The lowest BCUT2D eigenvalue weighted by atomic mass is 10.0. The second kappa shape index (κ2) is 9.71. The van der Waals surface area contributed by atoms with E-state index < -0.39 is 5.91 Å². The summed E-state index contributed by atoms with van der Waals surface area (Å²) in [5, 5.41) is 19.4. The molecule has 0 spiro atoms. The predicted octanol–water partition coefficient (Wildman–Crippen LogP) is 2.81. The number of nitrogens with zero attached hydrogens (tertiary/aromatic N) is 2. The van der Waals surface area contributed by atoms with Crippen molar-refractivity contribution < 1.29 is 29.0 Å². The molecule has 2 aliphatic rings. The number of ether oxygens (including phenoxy) is 2. The van der Waals surface area contributed by atoms with E-state index in [0.29, 0.717) is 18.5 Å². The van der Waals surface area contributed by atoms with Gasteiger partial charge in [-0.05, 0) is 44.2 Å². The summed E-state index contributed by atoms with van der Waals surface area (Å²) < 4.78 is 11.0. The van der Waals surface area contributed by atoms with E-state index in [9.17, 15) is 19.5 Å². The molecule has 1 saturated heterocycles. The van der Waals surface area contributed by atoms with Crippen molar-refractivity contribution >= 4 is 24.1 Å². The number of phenols is 1. The van der Waals surface area contributed by atoms with Gasteiger partial charge in [0.05, 0.1) is 5.56 Å². The highest BCUT2D eigenvalue weighted by molar-refractivity contribution is 5.91. The first-order valence-corrected chi connectivity index (χ1v) is 10.7. The van der Waals surface area contributed by atoms with Crippen LogP contribution in [0.25, 0.3) is 0 Å². The molecule has 1 aliphatic heterocycles. The number of anilines is 1. The number of aldehydes is 1. The molecular formula is C22H26N4O6. The van der Waals surface area contributed by atoms with Gasteiger partial charge < -0.3 is 24.8 Å². The molecule has 2 aromatic rings. The van der Waals surface area contributed by atoms with Crippen molar-refractivity contribution in [2.24, 2.45) is 0 Å². The molecule has 0 bridgehead atoms. The van der Waals surface area contributed by atoms with Gasteiger partial charge in [0.2, 0.25) is 0 Å². The van der Waals surface area contributed by atoms with Gasteiger partial charge in [0.25, 0.3) is 5.91 Å². The Morgan fingerprint density at radius 2 is 2.09 bits per heavy atom. The number of phenolic OH excluding ortho intramolecular Hbond substituents is 1. The molecule has 2 heterocycles. The number of likely N-dealkylation sites (tertiary alicyclic amines) is 1. The zero-order valence-electron chi connectivity index (χ0n) is 17.6. The van der Waals surface area contributed by atoms with Gasteiger partial charge in [-0.15, -0.1) is 0 Å². The van der Waals surface area contributed by atoms with Gasteiger partial charge in [-0.25, -0.2) is 4.79 Å². The van der Waals surface area contributed by atoms with Crippen LogP contribution in [-0.4, -0.2) is 64.3 Å². The summed E-state index contributed by atoms with van der Waals surface area (Å²) in [6, 6.07) is 6.14. The van der Waals surface area contributed by atoms with E-state index in [1.54, 1.807) is 11.0 Å². The van der Waals surface area contributed by atoms with Crippen molar-refractivity contribution in [1.29, 1.82) is 0 Å². The maximum absolute atomic E-state index is 12.2. The van der Waals surface area contributed by atoms with Crippen LogP contribution in [0.3, 0.4) is 0 Å². The molecule has 170 valence electrons. The first kappa shape index (κ1) is 21.7. The fraction of sp³-hybridized carbons (Fsp3) is 0.455. The fourth-order valence-corrected chi connectivity index (χ4v) is 4.16. The number of aromatic hydroxyl groups is 1. The molecule has 10 nitrogen and oxygen atoms in total. The largest absolute Gasteiger partial charge is 0.507 e. The molecular weight excluding hydrogens is 416 g/mol. The number of hydrogen-bond acceptors (Lipinski definition) is 7. The molecule has 2 amide bonds. The molecule has 2 atom stereocenters. The molecule has 3 N–H and O–H groups in total. The Hall–Kier alpha value is -3.56. The van der Waals surface area contributed by atoms with Crippen LogP contribution in [0.2, 0.25) is 0 Å². The summed E-state index contributed by atoms with van der Waals surface area (Å²) in [7, 11) is 0. The smallest absolute Gasteiger partial charge is 0.410 e. The molecule has 1 saturated carbocycles. The Balaban J connectivity index is 1.26. The Morgan fingerprint density at radius 1 is 1.28 bits per heavy atom. The lowest BCUT2D eigenvalue weighted by Crippen LogP contribution is -2.31. The average molecular weight is 442 g/mol. The number of aromatic amines is 1. The summed E-state index contributed by atoms with van der Waals surface area (Å²) in [4.78, 5) is 37.2. The number of rotatable bonds is 7. The van der Waals surface area contributed by atoms with Crippen molar-refractivity contribution in [3.8, 4) is 11.5 Å². The topological polar surface area (TPSA) is 134 Å². The molecule has 1 aliphatic carbocycles. The van der Waals surface area contributed by atoms with Crippen LogP contribution < -0.4 is 10.1 Å². The van der Waals surface area contributed by atoms with Crippen molar-refractivity contribution in [3.63, 3.8) is 0 Å². The first-order valence-electron chi connectivity index (χ1n) is 10.7. The monoisotopic (exact) mass is 442 g/mol. The Kier molecular flexibility index (Phi) is 6.58. The quantitative estimate of drug-likeness (QED) is 0.561. The Bertz CT molecular complexity index is 985. The van der Waals surface area contributed by atoms with Gasteiger partial charge >= 0.3 is 6.09 Å². The molecule has 4 rings (SSSR count). The lowest BCUT2D eigenvalue weighted by molar-refractivity contribution is -0.118. The van der Waals surface area contributed by atoms with Gasteiger partial charge in [-0.3, -0.25) is 14.7 Å². The van der Waals surface area contributed by atoms with E-state index in [0.717, 1.165) is 44.5 Å². The standard InChI is InChI=1S/C22H26N4O6/c27-12-16-18(28)4-3-5-19(16)31-13-21(29)23-20-11-17(24-25-20)14-6-7-15(10-14)32-22(30)26-8-1-2-9-26/h3-5,11-12,14-15,28H,1-2,6-10,13H2,(H2,23,24,25,29)/t14-,15+/m0/s1. The number of nitrogens with one attached hydrogen (secondary N) is 2. The van der Waals surface area contributed by atoms with Gasteiger partial charge in [0, 0.05) is 30.8 Å². The zero-order chi connectivity index (χ0) is 22.5.